The molecule has 1 heterocycles. The molecule has 1 aromatic carbocycles. The number of carbonyl (C=O) groups excluding carboxylic acids is 3. The van der Waals surface area contributed by atoms with Crippen molar-refractivity contribution in [2.24, 2.45) is 7.05 Å². The average Bonchev–Trinajstić information content (AvgIpc) is 2.91. The fourth-order valence-electron chi connectivity index (χ4n) is 2.59. The van der Waals surface area contributed by atoms with Crippen LogP contribution in [0.15, 0.2) is 24.3 Å². The van der Waals surface area contributed by atoms with Gasteiger partial charge in [-0.25, -0.2) is 4.79 Å². The highest BCUT2D eigenvalue weighted by Gasteiger charge is 2.39. The van der Waals surface area contributed by atoms with Gasteiger partial charge in [0.1, 0.15) is 11.6 Å². The minimum absolute atomic E-state index is 0.0500. The number of rotatable bonds is 7. The normalized spacial score (nSPS) is 12.0. The van der Waals surface area contributed by atoms with E-state index >= 15 is 0 Å². The van der Waals surface area contributed by atoms with Crippen LogP contribution in [0.1, 0.15) is 34.1 Å². The van der Waals surface area contributed by atoms with Crippen LogP contribution >= 0.6 is 0 Å². The Balaban J connectivity index is 2.27. The highest BCUT2D eigenvalue weighted by Crippen LogP contribution is 2.40. The molecule has 0 radical (unpaired) electrons. The molecule has 2 rings (SSSR count). The molecule has 0 saturated carbocycles. The Hall–Kier alpha value is -2.61. The van der Waals surface area contributed by atoms with Gasteiger partial charge in [-0.15, -0.1) is 0 Å². The zero-order valence-corrected chi connectivity index (χ0v) is 19.2. The van der Waals surface area contributed by atoms with E-state index in [0.717, 1.165) is 16.7 Å². The summed E-state index contributed by atoms with van der Waals surface area (Å²) in [6.07, 6.45) is -0.562. The fraction of sp³-hybridized carbons (Fsp3) is 0.476. The number of nitrogens with zero attached hydrogens (tertiary/aromatic N) is 1. The lowest BCUT2D eigenvalue weighted by Gasteiger charge is -2.36. The zero-order valence-electron chi connectivity index (χ0n) is 18.2. The quantitative estimate of drug-likeness (QED) is 0.318. The van der Waals surface area contributed by atoms with Gasteiger partial charge in [-0.2, -0.15) is 0 Å². The van der Waals surface area contributed by atoms with E-state index in [9.17, 15) is 14.4 Å². The topological polar surface area (TPSA) is 86.6 Å². The molecule has 7 nitrogen and oxygen atoms in total. The zero-order chi connectivity index (χ0) is 22.0. The smallest absolute Gasteiger partial charge is 0.375 e. The van der Waals surface area contributed by atoms with Gasteiger partial charge < -0.3 is 19.0 Å². The van der Waals surface area contributed by atoms with Gasteiger partial charge in [0.05, 0.1) is 18.5 Å². The summed E-state index contributed by atoms with van der Waals surface area (Å²) in [5.74, 6) is -1.14. The maximum absolute atomic E-state index is 12.2. The van der Waals surface area contributed by atoms with E-state index in [1.807, 2.05) is 35.9 Å². The summed E-state index contributed by atoms with van der Waals surface area (Å²) in [4.78, 5) is 35.4. The van der Waals surface area contributed by atoms with Gasteiger partial charge in [-0.1, -0.05) is 26.8 Å². The van der Waals surface area contributed by atoms with Gasteiger partial charge in [0.2, 0.25) is 11.7 Å². The third kappa shape index (κ3) is 5.06. The van der Waals surface area contributed by atoms with Gasteiger partial charge in [-0.3, -0.25) is 9.59 Å². The molecule has 0 bridgehead atoms. The lowest BCUT2D eigenvalue weighted by molar-refractivity contribution is -0.154. The second-order valence-electron chi connectivity index (χ2n) is 8.51. The minimum atomic E-state index is -2.04. The number of anilines is 1. The summed E-state index contributed by atoms with van der Waals surface area (Å²) in [5, 5.41) is 3.63. The summed E-state index contributed by atoms with van der Waals surface area (Å²) < 4.78 is 12.9. The maximum atomic E-state index is 12.2. The van der Waals surface area contributed by atoms with Crippen molar-refractivity contribution in [1.82, 2.24) is 4.57 Å². The van der Waals surface area contributed by atoms with E-state index < -0.39 is 32.4 Å². The van der Waals surface area contributed by atoms with E-state index in [-0.39, 0.29) is 11.6 Å². The molecule has 29 heavy (non-hydrogen) atoms. The van der Waals surface area contributed by atoms with Crippen molar-refractivity contribution in [2.45, 2.75) is 52.2 Å². The SMILES string of the molecule is CCOC(=O)C(=O)CC(=O)Nc1cc2c(O[Si](C)(C)C(C)(C)C)cccc2n1C. The Bertz CT molecular complexity index is 940. The number of carbonyl (C=O) groups is 3. The predicted octanol–water partition coefficient (Wildman–Crippen LogP) is 4.02. The third-order valence-corrected chi connectivity index (χ3v) is 9.65. The van der Waals surface area contributed by atoms with E-state index in [0.29, 0.717) is 5.82 Å². The van der Waals surface area contributed by atoms with Gasteiger partial charge >= 0.3 is 5.97 Å². The number of fused-ring (bicyclic) bond motifs is 1. The number of hydrogen-bond acceptors (Lipinski definition) is 5. The van der Waals surface area contributed by atoms with Crippen LogP contribution in [-0.2, 0) is 26.2 Å². The van der Waals surface area contributed by atoms with E-state index in [1.54, 1.807) is 6.92 Å². The molecular weight excluding hydrogens is 388 g/mol. The second-order valence-corrected chi connectivity index (χ2v) is 13.2. The first kappa shape index (κ1) is 22.7. The van der Waals surface area contributed by atoms with Crippen molar-refractivity contribution >= 4 is 42.7 Å². The Labute approximate surface area is 172 Å². The first-order valence-corrected chi connectivity index (χ1v) is 12.6. The van der Waals surface area contributed by atoms with Crippen LogP contribution in [-0.4, -0.2) is 37.2 Å². The molecule has 0 fully saturated rings. The van der Waals surface area contributed by atoms with E-state index in [2.05, 4.69) is 43.9 Å². The monoisotopic (exact) mass is 418 g/mol. The number of benzene rings is 1. The largest absolute Gasteiger partial charge is 0.543 e. The van der Waals surface area contributed by atoms with Crippen LogP contribution in [0.5, 0.6) is 5.75 Å². The molecule has 0 aliphatic heterocycles. The van der Waals surface area contributed by atoms with Crippen molar-refractivity contribution < 1.29 is 23.5 Å². The maximum Gasteiger partial charge on any atom is 0.375 e. The predicted molar refractivity (Wildman–Crippen MR) is 116 cm³/mol. The van der Waals surface area contributed by atoms with Crippen LogP contribution in [0.25, 0.3) is 10.9 Å². The molecule has 8 heteroatoms. The van der Waals surface area contributed by atoms with Crippen molar-refractivity contribution in [3.05, 3.63) is 24.3 Å². The van der Waals surface area contributed by atoms with Crippen LogP contribution in [0.4, 0.5) is 5.82 Å². The molecule has 158 valence electrons. The molecule has 0 aliphatic carbocycles. The van der Waals surface area contributed by atoms with Gasteiger partial charge in [0, 0.05) is 12.4 Å². The standard InChI is InChI=1S/C21H30N2O5Si/c1-8-27-20(26)16(24)13-19(25)22-18-12-14-15(23(18)5)10-9-11-17(14)28-29(6,7)21(2,3)4/h9-12H,8,13H2,1-7H3,(H,22,25). The Kier molecular flexibility index (Phi) is 6.57. The third-order valence-electron chi connectivity index (χ3n) is 5.31. The molecule has 1 aromatic heterocycles. The van der Waals surface area contributed by atoms with Crippen molar-refractivity contribution in [3.63, 3.8) is 0 Å². The first-order chi connectivity index (χ1) is 13.4. The molecule has 0 aliphatic rings. The Morgan fingerprint density at radius 2 is 1.83 bits per heavy atom. The Morgan fingerprint density at radius 1 is 1.17 bits per heavy atom. The molecule has 2 aromatic rings. The molecule has 0 atom stereocenters. The van der Waals surface area contributed by atoms with Gasteiger partial charge in [0.25, 0.3) is 8.32 Å². The summed E-state index contributed by atoms with van der Waals surface area (Å²) in [5.41, 5.74) is 0.897. The highest BCUT2D eigenvalue weighted by atomic mass is 28.4. The molecule has 0 saturated heterocycles. The highest BCUT2D eigenvalue weighted by molar-refractivity contribution is 6.74. The van der Waals surface area contributed by atoms with Crippen LogP contribution in [0.3, 0.4) is 0 Å². The molecule has 0 unspecified atom stereocenters. The first-order valence-electron chi connectivity index (χ1n) is 9.64. The number of Topliss-reactive ketones (excluding diaryl/α,β-unsaturated/α-hetero) is 1. The minimum Gasteiger partial charge on any atom is -0.543 e. The number of aromatic nitrogens is 1. The fourth-order valence-corrected chi connectivity index (χ4v) is 3.62. The number of ether oxygens (including phenoxy) is 1. The lowest BCUT2D eigenvalue weighted by atomic mass is 10.2. The van der Waals surface area contributed by atoms with Crippen molar-refractivity contribution in [1.29, 1.82) is 0 Å². The van der Waals surface area contributed by atoms with E-state index in [4.69, 9.17) is 4.43 Å². The summed E-state index contributed by atoms with van der Waals surface area (Å²) >= 11 is 0. The van der Waals surface area contributed by atoms with Crippen LogP contribution in [0.2, 0.25) is 18.1 Å². The summed E-state index contributed by atoms with van der Waals surface area (Å²) in [6, 6.07) is 7.61. The number of nitrogens with one attached hydrogen (secondary N) is 1. The molecule has 1 amide bonds. The number of ketones is 1. The van der Waals surface area contributed by atoms with Crippen LogP contribution < -0.4 is 9.74 Å². The van der Waals surface area contributed by atoms with E-state index in [1.165, 1.54) is 0 Å². The number of hydrogen-bond donors (Lipinski definition) is 1. The number of aryl methyl sites for hydroxylation is 1. The average molecular weight is 419 g/mol. The second kappa shape index (κ2) is 8.40. The Morgan fingerprint density at radius 3 is 2.41 bits per heavy atom. The number of esters is 1. The summed E-state index contributed by atoms with van der Waals surface area (Å²) in [6.45, 7) is 12.6. The lowest BCUT2D eigenvalue weighted by Crippen LogP contribution is -2.43. The van der Waals surface area contributed by atoms with Crippen molar-refractivity contribution in [3.8, 4) is 5.75 Å². The van der Waals surface area contributed by atoms with Crippen LogP contribution in [0, 0.1) is 0 Å². The van der Waals surface area contributed by atoms with Crippen molar-refractivity contribution in [2.75, 3.05) is 11.9 Å². The molecule has 0 spiro atoms. The van der Waals surface area contributed by atoms with Gasteiger partial charge in [-0.05, 0) is 43.3 Å². The number of amides is 1. The van der Waals surface area contributed by atoms with Gasteiger partial charge in [0.15, 0.2) is 0 Å². The molecule has 1 N–H and O–H groups in total. The molecular formula is C21H30N2O5Si. The summed E-state index contributed by atoms with van der Waals surface area (Å²) in [7, 11) is -0.217.